The molecule has 0 aliphatic heterocycles. The van der Waals surface area contributed by atoms with E-state index in [1.165, 1.54) is 25.3 Å². The second kappa shape index (κ2) is 8.80. The molecule has 2 aromatic heterocycles. The molecule has 162 valence electrons. The minimum atomic E-state index is -0.536. The number of fused-ring (bicyclic) bond motifs is 1. The number of carbonyl (C=O) groups is 1. The molecule has 0 saturated heterocycles. The van der Waals surface area contributed by atoms with Crippen LogP contribution in [0.15, 0.2) is 54.9 Å². The quantitative estimate of drug-likeness (QED) is 0.306. The van der Waals surface area contributed by atoms with Crippen molar-refractivity contribution >= 4 is 34.2 Å². The molecule has 0 aliphatic carbocycles. The first-order chi connectivity index (χ1) is 15.4. The molecule has 6 nitrogen and oxygen atoms in total. The number of anilines is 1. The fraction of sp³-hybridized carbons (Fsp3) is 0.125. The maximum absolute atomic E-state index is 14.1. The Labute approximate surface area is 188 Å². The Balaban J connectivity index is 1.76. The maximum atomic E-state index is 14.1. The number of carbonyl (C=O) groups excluding carboxylic acids is 1. The van der Waals surface area contributed by atoms with Crippen LogP contribution in [-0.4, -0.2) is 15.9 Å². The Morgan fingerprint density at radius 3 is 2.62 bits per heavy atom. The van der Waals surface area contributed by atoms with Crippen molar-refractivity contribution < 1.29 is 19.0 Å². The van der Waals surface area contributed by atoms with Crippen molar-refractivity contribution in [2.24, 2.45) is 0 Å². The average molecular weight is 452 g/mol. The summed E-state index contributed by atoms with van der Waals surface area (Å²) in [5.74, 6) is -0.181. The number of aryl methyl sites for hydroxylation is 1. The number of nitrogens with zero attached hydrogens (tertiary/aromatic N) is 2. The van der Waals surface area contributed by atoms with Crippen LogP contribution >= 0.6 is 11.6 Å². The topological polar surface area (TPSA) is 87.3 Å². The Bertz CT molecular complexity index is 1340. The first kappa shape index (κ1) is 21.5. The van der Waals surface area contributed by atoms with E-state index in [4.69, 9.17) is 22.2 Å². The molecular formula is C24H19ClFN3O3. The van der Waals surface area contributed by atoms with Gasteiger partial charge in [0.05, 0.1) is 5.69 Å². The summed E-state index contributed by atoms with van der Waals surface area (Å²) in [6.07, 6.45) is 3.76. The zero-order chi connectivity index (χ0) is 22.8. The van der Waals surface area contributed by atoms with Gasteiger partial charge < -0.3 is 5.73 Å². The number of aromatic nitrogens is 2. The molecule has 0 amide bonds. The molecule has 0 saturated carbocycles. The van der Waals surface area contributed by atoms with Crippen LogP contribution in [0.1, 0.15) is 19.4 Å². The van der Waals surface area contributed by atoms with E-state index < -0.39 is 11.8 Å². The normalized spacial score (nSPS) is 10.9. The van der Waals surface area contributed by atoms with Crippen LogP contribution in [0.3, 0.4) is 0 Å². The highest BCUT2D eigenvalue weighted by Crippen LogP contribution is 2.34. The summed E-state index contributed by atoms with van der Waals surface area (Å²) in [5, 5.41) is 1.30. The molecule has 0 atom stereocenters. The highest BCUT2D eigenvalue weighted by molar-refractivity contribution is 6.35. The lowest BCUT2D eigenvalue weighted by Gasteiger charge is -2.12. The minimum absolute atomic E-state index is 0.290. The summed E-state index contributed by atoms with van der Waals surface area (Å²) in [4.78, 5) is 29.5. The van der Waals surface area contributed by atoms with Gasteiger partial charge in [-0.15, -0.1) is 0 Å². The van der Waals surface area contributed by atoms with Crippen molar-refractivity contribution in [3.8, 4) is 28.1 Å². The van der Waals surface area contributed by atoms with E-state index >= 15 is 0 Å². The van der Waals surface area contributed by atoms with E-state index in [9.17, 15) is 9.18 Å². The van der Waals surface area contributed by atoms with E-state index in [0.717, 1.165) is 16.7 Å². The molecule has 2 heterocycles. The summed E-state index contributed by atoms with van der Waals surface area (Å²) in [5.41, 5.74) is 9.79. The van der Waals surface area contributed by atoms with Crippen LogP contribution in [0.25, 0.3) is 33.2 Å². The van der Waals surface area contributed by atoms with Gasteiger partial charge in [-0.1, -0.05) is 24.6 Å². The molecular weight excluding hydrogens is 433 g/mol. The van der Waals surface area contributed by atoms with Crippen molar-refractivity contribution in [1.29, 1.82) is 0 Å². The highest BCUT2D eigenvalue weighted by Gasteiger charge is 2.14. The highest BCUT2D eigenvalue weighted by atomic mass is 35.5. The summed E-state index contributed by atoms with van der Waals surface area (Å²) >= 11 is 6.26. The molecule has 0 radical (unpaired) electrons. The van der Waals surface area contributed by atoms with Gasteiger partial charge in [0.1, 0.15) is 11.6 Å². The van der Waals surface area contributed by atoms with Crippen LogP contribution < -0.4 is 10.6 Å². The lowest BCUT2D eigenvalue weighted by Crippen LogP contribution is -2.04. The zero-order valence-corrected chi connectivity index (χ0v) is 18.1. The molecule has 0 bridgehead atoms. The van der Waals surface area contributed by atoms with E-state index in [-0.39, 0.29) is 0 Å². The smallest absolute Gasteiger partial charge is 0.352 e. The summed E-state index contributed by atoms with van der Waals surface area (Å²) in [7, 11) is 0. The number of nitrogens with two attached hydrogens (primary N) is 1. The van der Waals surface area contributed by atoms with Crippen LogP contribution in [0.5, 0.6) is 5.75 Å². The SMILES string of the molecule is CCc1cc(-c2cnc(N)c(-c3cc4c(Cl)ccc(F)c4cn3)c2)ccc1OOC(C)=O. The lowest BCUT2D eigenvalue weighted by molar-refractivity contribution is -0.211. The second-order valence-corrected chi connectivity index (χ2v) is 7.54. The number of hydrogen-bond donors (Lipinski definition) is 1. The largest absolute Gasteiger partial charge is 0.383 e. The van der Waals surface area contributed by atoms with E-state index in [0.29, 0.717) is 45.0 Å². The molecule has 2 N–H and O–H groups in total. The molecule has 4 rings (SSSR count). The first-order valence-corrected chi connectivity index (χ1v) is 10.2. The fourth-order valence-corrected chi connectivity index (χ4v) is 3.59. The molecule has 2 aromatic carbocycles. The van der Waals surface area contributed by atoms with Crippen LogP contribution in [0, 0.1) is 5.82 Å². The first-order valence-electron chi connectivity index (χ1n) is 9.85. The Morgan fingerprint density at radius 1 is 1.06 bits per heavy atom. The number of benzene rings is 2. The van der Waals surface area contributed by atoms with Crippen LogP contribution in [0.2, 0.25) is 5.02 Å². The van der Waals surface area contributed by atoms with E-state index in [2.05, 4.69) is 14.9 Å². The summed E-state index contributed by atoms with van der Waals surface area (Å²) in [6, 6.07) is 11.9. The third-order valence-electron chi connectivity index (χ3n) is 5.01. The standard InChI is InChI=1S/C24H19ClFN3O3/c1-3-14-8-15(4-7-23(14)32-31-13(2)30)16-9-18(24(27)29-11-16)22-10-17-19(12-28-22)21(26)6-5-20(17)25/h4-12H,3H2,1-2H3,(H2,27,29). The Morgan fingerprint density at radius 2 is 1.88 bits per heavy atom. The number of hydrogen-bond acceptors (Lipinski definition) is 6. The molecule has 8 heteroatoms. The maximum Gasteiger partial charge on any atom is 0.352 e. The molecule has 0 aliphatic rings. The van der Waals surface area contributed by atoms with Gasteiger partial charge in [-0.25, -0.2) is 14.2 Å². The number of nitrogen functional groups attached to an aromatic ring is 1. The van der Waals surface area contributed by atoms with Gasteiger partial charge in [0.25, 0.3) is 0 Å². The van der Waals surface area contributed by atoms with Crippen LogP contribution in [-0.2, 0) is 16.1 Å². The van der Waals surface area contributed by atoms with Crippen molar-refractivity contribution in [3.05, 3.63) is 71.3 Å². The van der Waals surface area contributed by atoms with Crippen molar-refractivity contribution in [2.75, 3.05) is 5.73 Å². The van der Waals surface area contributed by atoms with Crippen molar-refractivity contribution in [1.82, 2.24) is 9.97 Å². The number of pyridine rings is 2. The average Bonchev–Trinajstić information content (AvgIpc) is 2.80. The predicted octanol–water partition coefficient (Wildman–Crippen LogP) is 5.76. The fourth-order valence-electron chi connectivity index (χ4n) is 3.37. The van der Waals surface area contributed by atoms with Gasteiger partial charge in [0.15, 0.2) is 5.75 Å². The Hall–Kier alpha value is -3.71. The van der Waals surface area contributed by atoms with Gasteiger partial charge in [-0.3, -0.25) is 14.8 Å². The third-order valence-corrected chi connectivity index (χ3v) is 5.34. The van der Waals surface area contributed by atoms with Gasteiger partial charge in [0.2, 0.25) is 0 Å². The van der Waals surface area contributed by atoms with Crippen molar-refractivity contribution in [2.45, 2.75) is 20.3 Å². The number of halogens is 2. The molecule has 0 fully saturated rings. The van der Waals surface area contributed by atoms with Crippen molar-refractivity contribution in [3.63, 3.8) is 0 Å². The second-order valence-electron chi connectivity index (χ2n) is 7.14. The lowest BCUT2D eigenvalue weighted by atomic mass is 10.00. The summed E-state index contributed by atoms with van der Waals surface area (Å²) in [6.45, 7) is 3.23. The molecule has 0 unspecified atom stereocenters. The molecule has 32 heavy (non-hydrogen) atoms. The number of rotatable bonds is 5. The van der Waals surface area contributed by atoms with Gasteiger partial charge in [0, 0.05) is 46.2 Å². The minimum Gasteiger partial charge on any atom is -0.383 e. The Kier molecular flexibility index (Phi) is 5.92. The summed E-state index contributed by atoms with van der Waals surface area (Å²) < 4.78 is 14.1. The van der Waals surface area contributed by atoms with Gasteiger partial charge >= 0.3 is 5.97 Å². The van der Waals surface area contributed by atoms with Gasteiger partial charge in [-0.05, 0) is 53.9 Å². The van der Waals surface area contributed by atoms with Crippen LogP contribution in [0.4, 0.5) is 10.2 Å². The van der Waals surface area contributed by atoms with E-state index in [1.807, 2.05) is 25.1 Å². The molecule has 4 aromatic rings. The van der Waals surface area contributed by atoms with Gasteiger partial charge in [-0.2, -0.15) is 0 Å². The predicted molar refractivity (Wildman–Crippen MR) is 122 cm³/mol. The molecule has 0 spiro atoms. The zero-order valence-electron chi connectivity index (χ0n) is 17.4. The van der Waals surface area contributed by atoms with E-state index in [1.54, 1.807) is 18.3 Å². The monoisotopic (exact) mass is 451 g/mol. The third kappa shape index (κ3) is 4.20.